The molecule has 0 saturated heterocycles. The van der Waals surface area contributed by atoms with Gasteiger partial charge in [-0.3, -0.25) is 4.79 Å². The number of carbonyl (C=O) groups excluding carboxylic acids is 2. The average molecular weight is 446 g/mol. The third-order valence-corrected chi connectivity index (χ3v) is 5.73. The van der Waals surface area contributed by atoms with Gasteiger partial charge in [-0.2, -0.15) is 0 Å². The molecule has 0 unspecified atom stereocenters. The number of fused-ring (bicyclic) bond motifs is 1. The normalized spacial score (nSPS) is 11.4. The topological polar surface area (TPSA) is 90.7 Å². The molecular formula is C24H19N3O4S. The van der Waals surface area contributed by atoms with Gasteiger partial charge < -0.3 is 9.57 Å². The molecule has 0 aliphatic heterocycles. The predicted octanol–water partition coefficient (Wildman–Crippen LogP) is 5.24. The summed E-state index contributed by atoms with van der Waals surface area (Å²) in [5.41, 5.74) is 3.63. The quantitative estimate of drug-likeness (QED) is 0.181. The number of esters is 1. The molecule has 8 heteroatoms. The van der Waals surface area contributed by atoms with Gasteiger partial charge in [0, 0.05) is 25.0 Å². The minimum atomic E-state index is -0.546. The standard InChI is InChI=1S/C24H19N3O4S/c1-14(27-31-16(3)29)23-22(30-15(2)28)20-19(17-10-6-4-7-11-17)21(25-26-24(20)32-23)18-12-8-5-9-13-18/h4-13H,1-3H3/b27-14+. The molecule has 2 heterocycles. The molecule has 0 N–H and O–H groups in total. The van der Waals surface area contributed by atoms with Crippen molar-refractivity contribution in [3.8, 4) is 28.1 Å². The van der Waals surface area contributed by atoms with E-state index in [-0.39, 0.29) is 0 Å². The fourth-order valence-corrected chi connectivity index (χ4v) is 4.29. The number of oxime groups is 1. The number of rotatable bonds is 5. The highest BCUT2D eigenvalue weighted by molar-refractivity contribution is 7.21. The zero-order chi connectivity index (χ0) is 22.7. The summed E-state index contributed by atoms with van der Waals surface area (Å²) >= 11 is 1.27. The first-order valence-electron chi connectivity index (χ1n) is 9.80. The zero-order valence-corrected chi connectivity index (χ0v) is 18.5. The Morgan fingerprint density at radius 2 is 1.47 bits per heavy atom. The first-order chi connectivity index (χ1) is 15.5. The summed E-state index contributed by atoms with van der Waals surface area (Å²) in [6.45, 7) is 4.27. The van der Waals surface area contributed by atoms with Crippen molar-refractivity contribution < 1.29 is 19.2 Å². The first kappa shape index (κ1) is 21.3. The highest BCUT2D eigenvalue weighted by atomic mass is 32.1. The van der Waals surface area contributed by atoms with Crippen LogP contribution in [-0.2, 0) is 14.4 Å². The van der Waals surface area contributed by atoms with Gasteiger partial charge in [0.25, 0.3) is 0 Å². The van der Waals surface area contributed by atoms with Crippen LogP contribution in [0, 0.1) is 0 Å². The van der Waals surface area contributed by atoms with E-state index in [1.54, 1.807) is 6.92 Å². The predicted molar refractivity (Wildman–Crippen MR) is 124 cm³/mol. The molecule has 0 bridgehead atoms. The lowest BCUT2D eigenvalue weighted by molar-refractivity contribution is -0.141. The van der Waals surface area contributed by atoms with Crippen LogP contribution in [0.25, 0.3) is 32.6 Å². The van der Waals surface area contributed by atoms with Crippen LogP contribution in [-0.4, -0.2) is 27.8 Å². The summed E-state index contributed by atoms with van der Waals surface area (Å²) in [5.74, 6) is -0.712. The summed E-state index contributed by atoms with van der Waals surface area (Å²) in [7, 11) is 0. The van der Waals surface area contributed by atoms with Crippen LogP contribution in [0.4, 0.5) is 0 Å². The summed E-state index contributed by atoms with van der Waals surface area (Å²) in [5, 5.41) is 13.5. The molecule has 4 rings (SSSR count). The van der Waals surface area contributed by atoms with Crippen molar-refractivity contribution in [2.45, 2.75) is 20.8 Å². The highest BCUT2D eigenvalue weighted by Crippen LogP contribution is 2.45. The summed E-state index contributed by atoms with van der Waals surface area (Å²) < 4.78 is 5.66. The summed E-state index contributed by atoms with van der Waals surface area (Å²) in [4.78, 5) is 29.2. The van der Waals surface area contributed by atoms with Crippen LogP contribution < -0.4 is 4.74 Å². The van der Waals surface area contributed by atoms with Gasteiger partial charge in [-0.15, -0.1) is 21.5 Å². The van der Waals surface area contributed by atoms with Gasteiger partial charge in [0.05, 0.1) is 16.0 Å². The van der Waals surface area contributed by atoms with Crippen molar-refractivity contribution in [1.82, 2.24) is 10.2 Å². The van der Waals surface area contributed by atoms with E-state index in [0.717, 1.165) is 16.7 Å². The lowest BCUT2D eigenvalue weighted by Gasteiger charge is -2.12. The van der Waals surface area contributed by atoms with E-state index in [0.29, 0.717) is 32.2 Å². The fraction of sp³-hybridized carbons (Fsp3) is 0.125. The zero-order valence-electron chi connectivity index (χ0n) is 17.7. The number of benzene rings is 2. The van der Waals surface area contributed by atoms with E-state index in [1.807, 2.05) is 60.7 Å². The Morgan fingerprint density at radius 3 is 2.06 bits per heavy atom. The molecule has 0 saturated carbocycles. The third-order valence-electron chi connectivity index (χ3n) is 4.57. The minimum Gasteiger partial charge on any atom is -0.424 e. The minimum absolute atomic E-state index is 0.317. The van der Waals surface area contributed by atoms with Gasteiger partial charge in [-0.25, -0.2) is 4.79 Å². The average Bonchev–Trinajstić information content (AvgIpc) is 3.16. The Hall–Kier alpha value is -3.91. The van der Waals surface area contributed by atoms with Gasteiger partial charge in [-0.1, -0.05) is 65.8 Å². The fourth-order valence-electron chi connectivity index (χ4n) is 3.30. The van der Waals surface area contributed by atoms with Crippen LogP contribution in [0.5, 0.6) is 5.75 Å². The molecule has 0 fully saturated rings. The van der Waals surface area contributed by atoms with E-state index in [9.17, 15) is 9.59 Å². The van der Waals surface area contributed by atoms with Crippen molar-refractivity contribution in [2.75, 3.05) is 0 Å². The summed E-state index contributed by atoms with van der Waals surface area (Å²) in [6, 6.07) is 19.4. The van der Waals surface area contributed by atoms with E-state index in [1.165, 1.54) is 25.2 Å². The molecule has 0 radical (unpaired) electrons. The van der Waals surface area contributed by atoms with Gasteiger partial charge >= 0.3 is 11.9 Å². The van der Waals surface area contributed by atoms with Gasteiger partial charge in [0.2, 0.25) is 0 Å². The van der Waals surface area contributed by atoms with E-state index < -0.39 is 11.9 Å². The number of hydrogen-bond acceptors (Lipinski definition) is 8. The maximum absolute atomic E-state index is 12.0. The second kappa shape index (κ2) is 9.07. The second-order valence-electron chi connectivity index (χ2n) is 6.95. The van der Waals surface area contributed by atoms with Crippen molar-refractivity contribution in [2.24, 2.45) is 5.16 Å². The largest absolute Gasteiger partial charge is 0.424 e. The van der Waals surface area contributed by atoms with E-state index >= 15 is 0 Å². The number of thiophene rings is 1. The molecule has 32 heavy (non-hydrogen) atoms. The van der Waals surface area contributed by atoms with Gasteiger partial charge in [-0.05, 0) is 12.5 Å². The Morgan fingerprint density at radius 1 is 0.844 bits per heavy atom. The molecule has 0 amide bonds. The van der Waals surface area contributed by atoms with Crippen molar-refractivity contribution >= 4 is 39.2 Å². The first-order valence-corrected chi connectivity index (χ1v) is 10.6. The Bertz CT molecular complexity index is 1330. The second-order valence-corrected chi connectivity index (χ2v) is 7.95. The van der Waals surface area contributed by atoms with Crippen molar-refractivity contribution in [1.29, 1.82) is 0 Å². The molecule has 0 aliphatic rings. The lowest BCUT2D eigenvalue weighted by Crippen LogP contribution is -2.06. The van der Waals surface area contributed by atoms with Crippen LogP contribution in [0.15, 0.2) is 65.8 Å². The Balaban J connectivity index is 2.08. The number of hydrogen-bond donors (Lipinski definition) is 0. The molecule has 0 atom stereocenters. The van der Waals surface area contributed by atoms with E-state index in [2.05, 4.69) is 15.4 Å². The van der Waals surface area contributed by atoms with Crippen LogP contribution in [0.1, 0.15) is 25.6 Å². The molecule has 160 valence electrons. The van der Waals surface area contributed by atoms with Crippen molar-refractivity contribution in [3.05, 3.63) is 65.5 Å². The van der Waals surface area contributed by atoms with Gasteiger partial charge in [0.1, 0.15) is 5.69 Å². The molecule has 0 spiro atoms. The molecule has 0 aliphatic carbocycles. The lowest BCUT2D eigenvalue weighted by atomic mass is 9.97. The Labute approximate surface area is 188 Å². The van der Waals surface area contributed by atoms with Gasteiger partial charge in [0.15, 0.2) is 10.6 Å². The number of ether oxygens (including phenoxy) is 1. The van der Waals surface area contributed by atoms with Crippen LogP contribution in [0.2, 0.25) is 0 Å². The third kappa shape index (κ3) is 4.26. The van der Waals surface area contributed by atoms with Crippen molar-refractivity contribution in [3.63, 3.8) is 0 Å². The highest BCUT2D eigenvalue weighted by Gasteiger charge is 2.25. The smallest absolute Gasteiger partial charge is 0.331 e. The summed E-state index contributed by atoms with van der Waals surface area (Å²) in [6.07, 6.45) is 0. The Kier molecular flexibility index (Phi) is 6.04. The number of nitrogens with zero attached hydrogens (tertiary/aromatic N) is 3. The molecule has 7 nitrogen and oxygen atoms in total. The monoisotopic (exact) mass is 445 g/mol. The number of carbonyl (C=O) groups is 2. The number of aromatic nitrogens is 2. The maximum Gasteiger partial charge on any atom is 0.331 e. The van der Waals surface area contributed by atoms with Crippen LogP contribution in [0.3, 0.4) is 0 Å². The van der Waals surface area contributed by atoms with Crippen LogP contribution >= 0.6 is 11.3 Å². The van der Waals surface area contributed by atoms with E-state index in [4.69, 9.17) is 9.57 Å². The molecular weight excluding hydrogens is 426 g/mol. The molecule has 2 aromatic carbocycles. The molecule has 4 aromatic rings. The molecule has 2 aromatic heterocycles. The maximum atomic E-state index is 12.0. The SMILES string of the molecule is CC(=O)O/N=C(\C)c1sc2nnc(-c3ccccc3)c(-c3ccccc3)c2c1OC(C)=O.